The van der Waals surface area contributed by atoms with E-state index >= 15 is 0 Å². The number of benzene rings is 1. The fraction of sp³-hybridized carbons (Fsp3) is 0.320. The summed E-state index contributed by atoms with van der Waals surface area (Å²) < 4.78 is 1.78. The summed E-state index contributed by atoms with van der Waals surface area (Å²) in [6.07, 6.45) is 11.3. The summed E-state index contributed by atoms with van der Waals surface area (Å²) in [6, 6.07) is 6.32. The zero-order valence-corrected chi connectivity index (χ0v) is 19.2. The minimum atomic E-state index is 0.0857. The molecule has 1 aromatic carbocycles. The first kappa shape index (κ1) is 20.2. The largest absolute Gasteiger partial charge is 0.340 e. The van der Waals surface area contributed by atoms with Gasteiger partial charge in [0.1, 0.15) is 22.8 Å². The van der Waals surface area contributed by atoms with E-state index in [4.69, 9.17) is 0 Å². The smallest absolute Gasteiger partial charge is 0.142 e. The lowest BCUT2D eigenvalue weighted by Gasteiger charge is -2.21. The van der Waals surface area contributed by atoms with Crippen molar-refractivity contribution in [3.05, 3.63) is 64.1 Å². The minimum Gasteiger partial charge on any atom is -0.340 e. The fourth-order valence-electron chi connectivity index (χ4n) is 4.87. The van der Waals surface area contributed by atoms with Gasteiger partial charge in [0.05, 0.1) is 18.1 Å². The van der Waals surface area contributed by atoms with Crippen molar-refractivity contribution < 1.29 is 4.79 Å². The molecule has 8 heteroatoms. The Balaban J connectivity index is 1.22. The van der Waals surface area contributed by atoms with E-state index in [0.29, 0.717) is 12.2 Å². The SMILES string of the molecule is Cn1cc(CCC(=O)C2CCc3c(sc4ncnc(Nc5ccc6c(c5)C=NC6)c34)C2)cn1. The van der Waals surface area contributed by atoms with Crippen molar-refractivity contribution in [3.8, 4) is 0 Å². The Kier molecular flexibility index (Phi) is 5.02. The number of nitrogens with zero attached hydrogens (tertiary/aromatic N) is 5. The van der Waals surface area contributed by atoms with Crippen molar-refractivity contribution in [2.45, 2.75) is 38.6 Å². The van der Waals surface area contributed by atoms with Crippen LogP contribution in [0, 0.1) is 5.92 Å². The Labute approximate surface area is 195 Å². The van der Waals surface area contributed by atoms with Gasteiger partial charge in [0.25, 0.3) is 0 Å². The Morgan fingerprint density at radius 1 is 1.30 bits per heavy atom. The van der Waals surface area contributed by atoms with Gasteiger partial charge in [0, 0.05) is 42.4 Å². The molecule has 0 spiro atoms. The number of rotatable bonds is 6. The van der Waals surface area contributed by atoms with Crippen LogP contribution in [0.4, 0.5) is 11.5 Å². The Bertz CT molecular complexity index is 1400. The van der Waals surface area contributed by atoms with Crippen LogP contribution in [0.25, 0.3) is 10.2 Å². The third-order valence-electron chi connectivity index (χ3n) is 6.62. The van der Waals surface area contributed by atoms with Crippen molar-refractivity contribution in [1.29, 1.82) is 0 Å². The van der Waals surface area contributed by atoms with Crippen LogP contribution >= 0.6 is 11.3 Å². The molecule has 0 radical (unpaired) electrons. The number of aromatic nitrogens is 4. The third kappa shape index (κ3) is 3.84. The summed E-state index contributed by atoms with van der Waals surface area (Å²) in [5, 5.41) is 8.81. The molecule has 2 aliphatic rings. The Morgan fingerprint density at radius 3 is 3.12 bits per heavy atom. The number of thiophene rings is 1. The number of fused-ring (bicyclic) bond motifs is 4. The summed E-state index contributed by atoms with van der Waals surface area (Å²) >= 11 is 1.71. The first-order chi connectivity index (χ1) is 16.1. The van der Waals surface area contributed by atoms with Crippen molar-refractivity contribution in [2.75, 3.05) is 5.32 Å². The molecule has 1 N–H and O–H groups in total. The molecule has 6 rings (SSSR count). The number of nitrogens with one attached hydrogen (secondary N) is 1. The van der Waals surface area contributed by atoms with Crippen LogP contribution in [-0.2, 0) is 37.6 Å². The number of carbonyl (C=O) groups excluding carboxylic acids is 1. The maximum absolute atomic E-state index is 12.9. The van der Waals surface area contributed by atoms with Gasteiger partial charge in [-0.05, 0) is 60.1 Å². The Morgan fingerprint density at radius 2 is 2.24 bits per heavy atom. The molecule has 1 atom stereocenters. The predicted octanol–water partition coefficient (Wildman–Crippen LogP) is 4.41. The minimum absolute atomic E-state index is 0.0857. The third-order valence-corrected chi connectivity index (χ3v) is 7.78. The average Bonchev–Trinajstić information content (AvgIpc) is 3.54. The molecule has 1 aliphatic heterocycles. The van der Waals surface area contributed by atoms with Crippen LogP contribution in [0.15, 0.2) is 41.9 Å². The molecule has 7 nitrogen and oxygen atoms in total. The van der Waals surface area contributed by atoms with Gasteiger partial charge in [-0.15, -0.1) is 11.3 Å². The van der Waals surface area contributed by atoms with E-state index in [9.17, 15) is 4.79 Å². The molecule has 0 saturated heterocycles. The summed E-state index contributed by atoms with van der Waals surface area (Å²) in [6.45, 7) is 0.757. The number of aryl methyl sites for hydroxylation is 3. The van der Waals surface area contributed by atoms with Gasteiger partial charge >= 0.3 is 0 Å². The molecule has 166 valence electrons. The van der Waals surface area contributed by atoms with E-state index < -0.39 is 0 Å². The summed E-state index contributed by atoms with van der Waals surface area (Å²) in [4.78, 5) is 28.7. The molecule has 4 heterocycles. The van der Waals surface area contributed by atoms with Crippen LogP contribution in [0.2, 0.25) is 0 Å². The second-order valence-electron chi connectivity index (χ2n) is 8.84. The van der Waals surface area contributed by atoms with Gasteiger partial charge in [-0.25, -0.2) is 9.97 Å². The summed E-state index contributed by atoms with van der Waals surface area (Å²) in [7, 11) is 1.90. The number of ketones is 1. The lowest BCUT2D eigenvalue weighted by molar-refractivity contribution is -0.123. The van der Waals surface area contributed by atoms with Gasteiger partial charge in [0.2, 0.25) is 0 Å². The monoisotopic (exact) mass is 456 g/mol. The number of anilines is 2. The second-order valence-corrected chi connectivity index (χ2v) is 9.93. The van der Waals surface area contributed by atoms with Crippen LogP contribution in [0.3, 0.4) is 0 Å². The lowest BCUT2D eigenvalue weighted by atomic mass is 9.83. The summed E-state index contributed by atoms with van der Waals surface area (Å²) in [5.41, 5.74) is 5.83. The first-order valence-corrected chi connectivity index (χ1v) is 12.1. The zero-order chi connectivity index (χ0) is 22.4. The van der Waals surface area contributed by atoms with E-state index in [1.165, 1.54) is 16.0 Å². The molecule has 0 bridgehead atoms. The van der Waals surface area contributed by atoms with Crippen molar-refractivity contribution >= 4 is 45.1 Å². The van der Waals surface area contributed by atoms with E-state index in [1.54, 1.807) is 22.3 Å². The summed E-state index contributed by atoms with van der Waals surface area (Å²) in [5.74, 6) is 1.28. The quantitative estimate of drug-likeness (QED) is 0.465. The standard InChI is InChI=1S/C25H24N6OS/c1-31-13-15(10-29-31)2-7-21(32)16-4-6-20-22(9-16)33-25-23(20)24(27-14-28-25)30-19-5-3-17-11-26-12-18(17)8-19/h3,5,8,10,12-14,16H,2,4,6-7,9,11H2,1H3,(H,27,28,30). The highest BCUT2D eigenvalue weighted by atomic mass is 32.1. The molecule has 3 aromatic heterocycles. The van der Waals surface area contributed by atoms with E-state index in [-0.39, 0.29) is 5.92 Å². The van der Waals surface area contributed by atoms with Gasteiger partial charge < -0.3 is 5.32 Å². The molecule has 1 aliphatic carbocycles. The number of carbonyl (C=O) groups is 1. The average molecular weight is 457 g/mol. The molecule has 1 unspecified atom stereocenters. The van der Waals surface area contributed by atoms with Crippen LogP contribution in [0.5, 0.6) is 0 Å². The van der Waals surface area contributed by atoms with Gasteiger partial charge in [0.15, 0.2) is 0 Å². The topological polar surface area (TPSA) is 85.1 Å². The van der Waals surface area contributed by atoms with E-state index in [1.807, 2.05) is 25.7 Å². The molecule has 33 heavy (non-hydrogen) atoms. The predicted molar refractivity (Wildman–Crippen MR) is 130 cm³/mol. The number of hydrogen-bond acceptors (Lipinski definition) is 7. The molecule has 0 saturated carbocycles. The fourth-order valence-corrected chi connectivity index (χ4v) is 6.14. The lowest BCUT2D eigenvalue weighted by Crippen LogP contribution is -2.22. The van der Waals surface area contributed by atoms with Crippen molar-refractivity contribution in [3.63, 3.8) is 0 Å². The van der Waals surface area contributed by atoms with Crippen molar-refractivity contribution in [2.24, 2.45) is 18.0 Å². The Hall–Kier alpha value is -3.39. The van der Waals surface area contributed by atoms with Crippen molar-refractivity contribution in [1.82, 2.24) is 19.7 Å². The number of hydrogen-bond donors (Lipinski definition) is 1. The molecular weight excluding hydrogens is 432 g/mol. The van der Waals surface area contributed by atoms with Gasteiger partial charge in [-0.3, -0.25) is 14.5 Å². The number of Topliss-reactive ketones (excluding diaryl/α,β-unsaturated/α-hetero) is 1. The molecule has 0 amide bonds. The normalized spacial score (nSPS) is 16.7. The molecular formula is C25H24N6OS. The maximum Gasteiger partial charge on any atom is 0.142 e. The van der Waals surface area contributed by atoms with Gasteiger partial charge in [-0.2, -0.15) is 5.10 Å². The second kappa shape index (κ2) is 8.19. The van der Waals surface area contributed by atoms with Gasteiger partial charge in [-0.1, -0.05) is 6.07 Å². The van der Waals surface area contributed by atoms with Crippen LogP contribution < -0.4 is 5.32 Å². The highest BCUT2D eigenvalue weighted by molar-refractivity contribution is 7.19. The van der Waals surface area contributed by atoms with Crippen LogP contribution in [0.1, 0.15) is 40.0 Å². The van der Waals surface area contributed by atoms with E-state index in [2.05, 4.69) is 43.6 Å². The number of aliphatic imine (C=N–C) groups is 1. The van der Waals surface area contributed by atoms with E-state index in [0.717, 1.165) is 65.1 Å². The zero-order valence-electron chi connectivity index (χ0n) is 18.4. The maximum atomic E-state index is 12.9. The molecule has 0 fully saturated rings. The molecule has 4 aromatic rings. The highest BCUT2D eigenvalue weighted by Gasteiger charge is 2.29. The first-order valence-electron chi connectivity index (χ1n) is 11.3. The van der Waals surface area contributed by atoms with Crippen LogP contribution in [-0.4, -0.2) is 31.7 Å². The highest BCUT2D eigenvalue weighted by Crippen LogP contribution is 2.41.